The van der Waals surface area contributed by atoms with E-state index in [9.17, 15) is 4.79 Å². The van der Waals surface area contributed by atoms with Gasteiger partial charge in [0.15, 0.2) is 0 Å². The van der Waals surface area contributed by atoms with Gasteiger partial charge in [-0.05, 0) is 48.1 Å². The predicted molar refractivity (Wildman–Crippen MR) is 66.5 cm³/mol. The molecule has 1 aromatic carbocycles. The van der Waals surface area contributed by atoms with Crippen molar-refractivity contribution in [3.63, 3.8) is 0 Å². The maximum absolute atomic E-state index is 11.9. The van der Waals surface area contributed by atoms with Crippen LogP contribution in [0.2, 0.25) is 0 Å². The fourth-order valence-corrected chi connectivity index (χ4v) is 1.75. The van der Waals surface area contributed by atoms with Crippen LogP contribution in [0.4, 0.5) is 0 Å². The third-order valence-corrected chi connectivity index (χ3v) is 3.68. The van der Waals surface area contributed by atoms with Gasteiger partial charge in [0.2, 0.25) is 0 Å². The standard InChI is InChI=1S/C11H14INO/c1-4-13(3)11(14)9-7-5-6-8(2)10(9)12/h5-7H,4H2,1-3H3. The van der Waals surface area contributed by atoms with E-state index in [2.05, 4.69) is 22.6 Å². The lowest BCUT2D eigenvalue weighted by Gasteiger charge is -2.16. The fourth-order valence-electron chi connectivity index (χ4n) is 1.16. The van der Waals surface area contributed by atoms with Crippen molar-refractivity contribution in [3.8, 4) is 0 Å². The number of aryl methyl sites for hydroxylation is 1. The normalized spacial score (nSPS) is 10.0. The third-order valence-electron chi connectivity index (χ3n) is 2.24. The molecule has 0 fully saturated rings. The number of nitrogens with zero attached hydrogens (tertiary/aromatic N) is 1. The summed E-state index contributed by atoms with van der Waals surface area (Å²) in [6, 6.07) is 5.82. The second kappa shape index (κ2) is 4.77. The summed E-state index contributed by atoms with van der Waals surface area (Å²) < 4.78 is 1.05. The lowest BCUT2D eigenvalue weighted by atomic mass is 10.1. The molecule has 1 aromatic rings. The summed E-state index contributed by atoms with van der Waals surface area (Å²) in [5.74, 6) is 0.0978. The van der Waals surface area contributed by atoms with Crippen LogP contribution in [0.1, 0.15) is 22.8 Å². The van der Waals surface area contributed by atoms with Crippen molar-refractivity contribution >= 4 is 28.5 Å². The van der Waals surface area contributed by atoms with Crippen LogP contribution in [0, 0.1) is 10.5 Å². The molecule has 0 saturated heterocycles. The van der Waals surface area contributed by atoms with Crippen molar-refractivity contribution in [2.24, 2.45) is 0 Å². The highest BCUT2D eigenvalue weighted by molar-refractivity contribution is 14.1. The lowest BCUT2D eigenvalue weighted by molar-refractivity contribution is 0.0801. The molecular weight excluding hydrogens is 289 g/mol. The molecule has 76 valence electrons. The van der Waals surface area contributed by atoms with Gasteiger partial charge in [-0.1, -0.05) is 12.1 Å². The summed E-state index contributed by atoms with van der Waals surface area (Å²) in [6.45, 7) is 4.73. The van der Waals surface area contributed by atoms with E-state index in [1.807, 2.05) is 39.1 Å². The molecule has 0 bridgehead atoms. The molecule has 0 unspecified atom stereocenters. The Bertz CT molecular complexity index is 349. The summed E-state index contributed by atoms with van der Waals surface area (Å²) in [5.41, 5.74) is 1.95. The molecule has 14 heavy (non-hydrogen) atoms. The molecule has 0 spiro atoms. The van der Waals surface area contributed by atoms with Crippen LogP contribution in [0.3, 0.4) is 0 Å². The number of amides is 1. The molecule has 0 atom stereocenters. The van der Waals surface area contributed by atoms with E-state index >= 15 is 0 Å². The van der Waals surface area contributed by atoms with Gasteiger partial charge in [0.05, 0.1) is 5.56 Å². The van der Waals surface area contributed by atoms with E-state index in [1.165, 1.54) is 0 Å². The molecule has 3 heteroatoms. The molecule has 0 aliphatic carbocycles. The Balaban J connectivity index is 3.07. The first-order chi connectivity index (χ1) is 6.57. The highest BCUT2D eigenvalue weighted by Gasteiger charge is 2.13. The molecule has 0 N–H and O–H groups in total. The Morgan fingerprint density at radius 3 is 2.71 bits per heavy atom. The molecule has 0 aromatic heterocycles. The highest BCUT2D eigenvalue weighted by Crippen LogP contribution is 2.17. The van der Waals surface area contributed by atoms with E-state index in [4.69, 9.17) is 0 Å². The minimum Gasteiger partial charge on any atom is -0.342 e. The van der Waals surface area contributed by atoms with Crippen LogP contribution in [-0.2, 0) is 0 Å². The first-order valence-electron chi connectivity index (χ1n) is 4.58. The van der Waals surface area contributed by atoms with E-state index in [0.29, 0.717) is 0 Å². The van der Waals surface area contributed by atoms with Gasteiger partial charge in [-0.25, -0.2) is 0 Å². The van der Waals surface area contributed by atoms with Crippen LogP contribution < -0.4 is 0 Å². The number of hydrogen-bond donors (Lipinski definition) is 0. The van der Waals surface area contributed by atoms with Crippen LogP contribution >= 0.6 is 22.6 Å². The SMILES string of the molecule is CCN(C)C(=O)c1cccc(C)c1I. The molecule has 0 saturated carbocycles. The van der Waals surface area contributed by atoms with Crippen molar-refractivity contribution in [2.45, 2.75) is 13.8 Å². The van der Waals surface area contributed by atoms with Crippen molar-refractivity contribution in [2.75, 3.05) is 13.6 Å². The first-order valence-corrected chi connectivity index (χ1v) is 5.66. The van der Waals surface area contributed by atoms with Gasteiger partial charge in [0.1, 0.15) is 0 Å². The van der Waals surface area contributed by atoms with Gasteiger partial charge in [-0.3, -0.25) is 4.79 Å². The summed E-state index contributed by atoms with van der Waals surface area (Å²) in [4.78, 5) is 13.6. The topological polar surface area (TPSA) is 20.3 Å². The molecular formula is C11H14INO. The van der Waals surface area contributed by atoms with E-state index in [-0.39, 0.29) is 5.91 Å². The lowest BCUT2D eigenvalue weighted by Crippen LogP contribution is -2.27. The largest absolute Gasteiger partial charge is 0.342 e. The quantitative estimate of drug-likeness (QED) is 0.769. The van der Waals surface area contributed by atoms with E-state index in [0.717, 1.165) is 21.2 Å². The van der Waals surface area contributed by atoms with Crippen LogP contribution in [0.5, 0.6) is 0 Å². The second-order valence-electron chi connectivity index (χ2n) is 3.26. The van der Waals surface area contributed by atoms with Gasteiger partial charge < -0.3 is 4.90 Å². The molecule has 0 radical (unpaired) electrons. The Morgan fingerprint density at radius 1 is 1.50 bits per heavy atom. The summed E-state index contributed by atoms with van der Waals surface area (Å²) in [7, 11) is 1.82. The highest BCUT2D eigenvalue weighted by atomic mass is 127. The summed E-state index contributed by atoms with van der Waals surface area (Å²) in [6.07, 6.45) is 0. The van der Waals surface area contributed by atoms with Crippen LogP contribution in [0.15, 0.2) is 18.2 Å². The van der Waals surface area contributed by atoms with E-state index in [1.54, 1.807) is 4.90 Å². The Kier molecular flexibility index (Phi) is 3.92. The van der Waals surface area contributed by atoms with Gasteiger partial charge in [-0.15, -0.1) is 0 Å². The Labute approximate surface area is 98.4 Å². The molecule has 0 aliphatic rings. The zero-order chi connectivity index (χ0) is 10.7. The summed E-state index contributed by atoms with van der Waals surface area (Å²) >= 11 is 2.22. The van der Waals surface area contributed by atoms with Crippen molar-refractivity contribution in [1.82, 2.24) is 4.90 Å². The minimum absolute atomic E-state index is 0.0978. The predicted octanol–water partition coefficient (Wildman–Crippen LogP) is 2.69. The van der Waals surface area contributed by atoms with Gasteiger partial charge in [0, 0.05) is 17.2 Å². The average Bonchev–Trinajstić information content (AvgIpc) is 2.20. The van der Waals surface area contributed by atoms with Crippen molar-refractivity contribution < 1.29 is 4.79 Å². The smallest absolute Gasteiger partial charge is 0.254 e. The van der Waals surface area contributed by atoms with Gasteiger partial charge in [0.25, 0.3) is 5.91 Å². The van der Waals surface area contributed by atoms with Crippen LogP contribution in [0.25, 0.3) is 0 Å². The molecule has 1 amide bonds. The number of hydrogen-bond acceptors (Lipinski definition) is 1. The maximum atomic E-state index is 11.9. The molecule has 0 aliphatic heterocycles. The average molecular weight is 303 g/mol. The van der Waals surface area contributed by atoms with Crippen molar-refractivity contribution in [3.05, 3.63) is 32.9 Å². The number of carbonyl (C=O) groups is 1. The summed E-state index contributed by atoms with van der Waals surface area (Å²) in [5, 5.41) is 0. The Morgan fingerprint density at radius 2 is 2.14 bits per heavy atom. The van der Waals surface area contributed by atoms with Crippen molar-refractivity contribution in [1.29, 1.82) is 0 Å². The number of carbonyl (C=O) groups excluding carboxylic acids is 1. The minimum atomic E-state index is 0.0978. The number of halogens is 1. The van der Waals surface area contributed by atoms with Gasteiger partial charge >= 0.3 is 0 Å². The monoisotopic (exact) mass is 303 g/mol. The number of benzene rings is 1. The van der Waals surface area contributed by atoms with Crippen LogP contribution in [-0.4, -0.2) is 24.4 Å². The number of rotatable bonds is 2. The molecule has 2 nitrogen and oxygen atoms in total. The third kappa shape index (κ3) is 2.26. The Hall–Kier alpha value is -0.580. The molecule has 1 rings (SSSR count). The first kappa shape index (κ1) is 11.5. The zero-order valence-electron chi connectivity index (χ0n) is 8.67. The fraction of sp³-hybridized carbons (Fsp3) is 0.364. The van der Waals surface area contributed by atoms with Gasteiger partial charge in [-0.2, -0.15) is 0 Å². The second-order valence-corrected chi connectivity index (χ2v) is 4.33. The molecule has 0 heterocycles. The maximum Gasteiger partial charge on any atom is 0.254 e. The van der Waals surface area contributed by atoms with E-state index < -0.39 is 0 Å². The zero-order valence-corrected chi connectivity index (χ0v) is 10.8.